The molecule has 1 aliphatic rings. The van der Waals surface area contributed by atoms with E-state index in [0.29, 0.717) is 19.0 Å². The van der Waals surface area contributed by atoms with Gasteiger partial charge in [-0.05, 0) is 50.3 Å². The Bertz CT molecular complexity index is 812. The fraction of sp³-hybridized carbons (Fsp3) is 0.619. The second kappa shape index (κ2) is 9.11. The van der Waals surface area contributed by atoms with Crippen molar-refractivity contribution in [1.82, 2.24) is 14.5 Å². The predicted molar refractivity (Wildman–Crippen MR) is 109 cm³/mol. The number of nitrogens with one attached hydrogen (secondary N) is 1. The number of carbonyl (C=O) groups is 1. The fourth-order valence-electron chi connectivity index (χ4n) is 3.44. The third-order valence-electron chi connectivity index (χ3n) is 4.83. The molecule has 2 aromatic rings. The number of H-pyrrole nitrogens is 1. The number of imidazole rings is 1. The van der Waals surface area contributed by atoms with Crippen LogP contribution in [0.15, 0.2) is 23.0 Å². The molecule has 0 bridgehead atoms. The summed E-state index contributed by atoms with van der Waals surface area (Å²) in [6, 6.07) is 6.26. The summed E-state index contributed by atoms with van der Waals surface area (Å²) in [5.74, 6) is 0.413. The first-order valence-corrected chi connectivity index (χ1v) is 10.1. The van der Waals surface area contributed by atoms with Crippen LogP contribution >= 0.6 is 0 Å². The molecule has 6 heteroatoms. The lowest BCUT2D eigenvalue weighted by atomic mass is 10.0. The van der Waals surface area contributed by atoms with Crippen LogP contribution in [0.2, 0.25) is 0 Å². The first-order chi connectivity index (χ1) is 12.9. The third-order valence-corrected chi connectivity index (χ3v) is 4.83. The summed E-state index contributed by atoms with van der Waals surface area (Å²) in [6.07, 6.45) is 1.13. The number of nitrogens with zero attached hydrogens (tertiary/aromatic N) is 2. The van der Waals surface area contributed by atoms with Gasteiger partial charge in [0, 0.05) is 19.1 Å². The summed E-state index contributed by atoms with van der Waals surface area (Å²) in [7, 11) is 0. The van der Waals surface area contributed by atoms with Crippen LogP contribution in [0.3, 0.4) is 0 Å². The molecule has 0 atom stereocenters. The Morgan fingerprint density at radius 3 is 2.33 bits per heavy atom. The second-order valence-corrected chi connectivity index (χ2v) is 7.38. The summed E-state index contributed by atoms with van der Waals surface area (Å²) < 4.78 is 7.13. The van der Waals surface area contributed by atoms with Crippen molar-refractivity contribution in [3.63, 3.8) is 0 Å². The molecule has 150 valence electrons. The minimum atomic E-state index is -0.262. The Balaban J connectivity index is 0.00000126. The van der Waals surface area contributed by atoms with Gasteiger partial charge in [0.05, 0.1) is 17.1 Å². The van der Waals surface area contributed by atoms with E-state index in [1.165, 1.54) is 5.56 Å². The number of piperidine rings is 1. The number of benzene rings is 1. The Hall–Kier alpha value is -2.24. The molecule has 0 radical (unpaired) electrons. The van der Waals surface area contributed by atoms with Gasteiger partial charge in [0.2, 0.25) is 0 Å². The maximum Gasteiger partial charge on any atom is 0.410 e. The van der Waals surface area contributed by atoms with Gasteiger partial charge in [0.1, 0.15) is 0 Å². The van der Waals surface area contributed by atoms with Crippen molar-refractivity contribution < 1.29 is 9.53 Å². The lowest BCUT2D eigenvalue weighted by Crippen LogP contribution is -2.41. The molecule has 1 aromatic heterocycles. The van der Waals surface area contributed by atoms with Crippen LogP contribution in [0.5, 0.6) is 0 Å². The molecule has 6 nitrogen and oxygen atoms in total. The number of fused-ring (bicyclic) bond motifs is 1. The molecule has 1 fully saturated rings. The SMILES string of the molecule is CC.CC(C)OC(=O)N1CCC(n2c(=O)[nH]c3ccc(C(C)C)cc32)CC1. The van der Waals surface area contributed by atoms with E-state index in [2.05, 4.69) is 31.0 Å². The number of rotatable bonds is 3. The van der Waals surface area contributed by atoms with E-state index in [0.717, 1.165) is 23.9 Å². The molecule has 1 aromatic carbocycles. The topological polar surface area (TPSA) is 67.3 Å². The summed E-state index contributed by atoms with van der Waals surface area (Å²) >= 11 is 0. The number of aromatic nitrogens is 2. The molecule has 1 N–H and O–H groups in total. The van der Waals surface area contributed by atoms with Gasteiger partial charge in [-0.15, -0.1) is 0 Å². The van der Waals surface area contributed by atoms with Crippen molar-refractivity contribution in [2.24, 2.45) is 0 Å². The molecule has 1 saturated heterocycles. The molecule has 0 unspecified atom stereocenters. The third kappa shape index (κ3) is 4.73. The van der Waals surface area contributed by atoms with Crippen LogP contribution in [0.4, 0.5) is 4.79 Å². The van der Waals surface area contributed by atoms with Crippen molar-refractivity contribution in [2.45, 2.75) is 72.4 Å². The number of hydrogen-bond donors (Lipinski definition) is 1. The van der Waals surface area contributed by atoms with Gasteiger partial charge in [-0.2, -0.15) is 0 Å². The highest BCUT2D eigenvalue weighted by molar-refractivity contribution is 5.76. The van der Waals surface area contributed by atoms with Crippen LogP contribution in [-0.2, 0) is 4.74 Å². The summed E-state index contributed by atoms with van der Waals surface area (Å²) in [5.41, 5.74) is 2.98. The van der Waals surface area contributed by atoms with E-state index in [9.17, 15) is 9.59 Å². The number of carbonyl (C=O) groups excluding carboxylic acids is 1. The normalized spacial score (nSPS) is 15.2. The summed E-state index contributed by atoms with van der Waals surface area (Å²) in [4.78, 5) is 29.2. The van der Waals surface area contributed by atoms with Crippen molar-refractivity contribution in [2.75, 3.05) is 13.1 Å². The summed E-state index contributed by atoms with van der Waals surface area (Å²) in [5, 5.41) is 0. The lowest BCUT2D eigenvalue weighted by Gasteiger charge is -2.32. The highest BCUT2D eigenvalue weighted by Gasteiger charge is 2.27. The van der Waals surface area contributed by atoms with Gasteiger partial charge < -0.3 is 14.6 Å². The molecule has 2 heterocycles. The highest BCUT2D eigenvalue weighted by Crippen LogP contribution is 2.27. The van der Waals surface area contributed by atoms with Crippen molar-refractivity contribution >= 4 is 17.1 Å². The predicted octanol–water partition coefficient (Wildman–Crippen LogP) is 4.66. The molecular weight excluding hydrogens is 342 g/mol. The van der Waals surface area contributed by atoms with Crippen molar-refractivity contribution in [3.8, 4) is 0 Å². The quantitative estimate of drug-likeness (QED) is 0.848. The molecule has 1 amide bonds. The number of hydrogen-bond acceptors (Lipinski definition) is 3. The fourth-order valence-corrected chi connectivity index (χ4v) is 3.44. The van der Waals surface area contributed by atoms with Crippen molar-refractivity contribution in [3.05, 3.63) is 34.2 Å². The van der Waals surface area contributed by atoms with E-state index in [4.69, 9.17) is 4.74 Å². The molecule has 0 saturated carbocycles. The van der Waals surface area contributed by atoms with E-state index in [-0.39, 0.29) is 23.9 Å². The highest BCUT2D eigenvalue weighted by atomic mass is 16.6. The van der Waals surface area contributed by atoms with Gasteiger partial charge in [0.15, 0.2) is 0 Å². The standard InChI is InChI=1S/C19H27N3O3.C2H6/c1-12(2)14-5-6-16-17(11-14)22(18(23)20-16)15-7-9-21(10-8-15)19(24)25-13(3)4;1-2/h5-6,11-13,15H,7-10H2,1-4H3,(H,20,23);1-2H3. The minimum Gasteiger partial charge on any atom is -0.447 e. The zero-order valence-electron chi connectivity index (χ0n) is 17.4. The molecular formula is C21H33N3O3. The maximum absolute atomic E-state index is 12.5. The average molecular weight is 376 g/mol. The van der Waals surface area contributed by atoms with Gasteiger partial charge in [-0.3, -0.25) is 4.57 Å². The average Bonchev–Trinajstić information content (AvgIpc) is 2.97. The number of amides is 1. The first-order valence-electron chi connectivity index (χ1n) is 10.1. The Morgan fingerprint density at radius 2 is 1.78 bits per heavy atom. The van der Waals surface area contributed by atoms with Crippen LogP contribution in [0, 0.1) is 0 Å². The Morgan fingerprint density at radius 1 is 1.15 bits per heavy atom. The molecule has 1 aliphatic heterocycles. The largest absolute Gasteiger partial charge is 0.447 e. The first kappa shape index (κ1) is 21.1. The van der Waals surface area contributed by atoms with Crippen LogP contribution in [0.1, 0.15) is 71.9 Å². The zero-order valence-corrected chi connectivity index (χ0v) is 17.4. The van der Waals surface area contributed by atoms with Gasteiger partial charge in [-0.1, -0.05) is 33.8 Å². The monoisotopic (exact) mass is 375 g/mol. The smallest absolute Gasteiger partial charge is 0.410 e. The van der Waals surface area contributed by atoms with E-state index in [1.807, 2.05) is 38.3 Å². The van der Waals surface area contributed by atoms with Crippen molar-refractivity contribution in [1.29, 1.82) is 0 Å². The van der Waals surface area contributed by atoms with Crippen LogP contribution < -0.4 is 5.69 Å². The number of ether oxygens (including phenoxy) is 1. The summed E-state index contributed by atoms with van der Waals surface area (Å²) in [6.45, 7) is 13.2. The molecule has 3 rings (SSSR count). The minimum absolute atomic E-state index is 0.0703. The van der Waals surface area contributed by atoms with E-state index >= 15 is 0 Å². The zero-order chi connectivity index (χ0) is 20.1. The van der Waals surface area contributed by atoms with Crippen LogP contribution in [0.25, 0.3) is 11.0 Å². The number of aromatic amines is 1. The Kier molecular flexibility index (Phi) is 7.11. The van der Waals surface area contributed by atoms with Gasteiger partial charge in [0.25, 0.3) is 0 Å². The maximum atomic E-state index is 12.5. The molecule has 0 spiro atoms. The molecule has 27 heavy (non-hydrogen) atoms. The lowest BCUT2D eigenvalue weighted by molar-refractivity contribution is 0.0661. The Labute approximate surface area is 161 Å². The van der Waals surface area contributed by atoms with Crippen LogP contribution in [-0.4, -0.2) is 39.7 Å². The number of likely N-dealkylation sites (tertiary alicyclic amines) is 1. The van der Waals surface area contributed by atoms with Gasteiger partial charge >= 0.3 is 11.8 Å². The van der Waals surface area contributed by atoms with E-state index in [1.54, 1.807) is 4.90 Å². The van der Waals surface area contributed by atoms with Gasteiger partial charge in [-0.25, -0.2) is 9.59 Å². The molecule has 0 aliphatic carbocycles. The second-order valence-electron chi connectivity index (χ2n) is 7.38. The van der Waals surface area contributed by atoms with E-state index < -0.39 is 0 Å².